The van der Waals surface area contributed by atoms with E-state index in [1.54, 1.807) is 42.5 Å². The molecule has 0 spiro atoms. The quantitative estimate of drug-likeness (QED) is 0.201. The largest absolute Gasteiger partial charge is 0.439 e. The van der Waals surface area contributed by atoms with Crippen molar-refractivity contribution in [3.05, 3.63) is 129 Å². The van der Waals surface area contributed by atoms with Crippen LogP contribution in [0, 0.1) is 6.92 Å². The van der Waals surface area contributed by atoms with E-state index in [2.05, 4.69) is 14.9 Å². The fourth-order valence-electron chi connectivity index (χ4n) is 5.35. The van der Waals surface area contributed by atoms with E-state index < -0.39 is 21.7 Å². The molecule has 1 amide bonds. The van der Waals surface area contributed by atoms with Crippen LogP contribution >= 0.6 is 11.6 Å². The van der Waals surface area contributed by atoms with Crippen LogP contribution in [0.4, 0.5) is 0 Å². The van der Waals surface area contributed by atoms with E-state index in [-0.39, 0.29) is 11.3 Å². The number of imidazole rings is 1. The van der Waals surface area contributed by atoms with Gasteiger partial charge < -0.3 is 4.57 Å². The van der Waals surface area contributed by atoms with Gasteiger partial charge in [-0.1, -0.05) is 90.4 Å². The Bertz CT molecular complexity index is 2220. The van der Waals surface area contributed by atoms with Gasteiger partial charge in [0.1, 0.15) is 5.82 Å². The van der Waals surface area contributed by atoms with Crippen molar-refractivity contribution in [3.63, 3.8) is 0 Å². The molecule has 0 aliphatic rings. The van der Waals surface area contributed by atoms with Crippen molar-refractivity contribution >= 4 is 38.6 Å². The van der Waals surface area contributed by atoms with Crippen molar-refractivity contribution < 1.29 is 17.7 Å². The lowest BCUT2D eigenvalue weighted by atomic mass is 9.98. The van der Waals surface area contributed by atoms with E-state index in [4.69, 9.17) is 21.1 Å². The first kappa shape index (κ1) is 30.0. The lowest BCUT2D eigenvalue weighted by Crippen LogP contribution is -2.31. The van der Waals surface area contributed by atoms with Crippen molar-refractivity contribution in [1.29, 1.82) is 0 Å². The number of sulfonamides is 1. The van der Waals surface area contributed by atoms with Crippen molar-refractivity contribution in [1.82, 2.24) is 24.4 Å². The maximum Gasteiger partial charge on any atom is 0.439 e. The first-order valence-corrected chi connectivity index (χ1v) is 16.2. The molecule has 0 aliphatic carbocycles. The smallest absolute Gasteiger partial charge is 0.323 e. The average Bonchev–Trinajstić information content (AvgIpc) is 3.61. The molecule has 0 aliphatic heterocycles. The van der Waals surface area contributed by atoms with Crippen LogP contribution < -0.4 is 10.5 Å². The number of aryl methyl sites for hydroxylation is 2. The maximum absolute atomic E-state index is 13.2. The summed E-state index contributed by atoms with van der Waals surface area (Å²) < 4.78 is 34.4. The van der Waals surface area contributed by atoms with Crippen molar-refractivity contribution in [3.8, 4) is 22.5 Å². The number of aromatic nitrogens is 4. The summed E-state index contributed by atoms with van der Waals surface area (Å²) in [5.41, 5.74) is 6.09. The normalized spacial score (nSPS) is 11.6. The lowest BCUT2D eigenvalue weighted by Gasteiger charge is -2.13. The zero-order chi connectivity index (χ0) is 31.7. The van der Waals surface area contributed by atoms with Crippen LogP contribution in [-0.2, 0) is 28.7 Å². The number of hydrogen-bond acceptors (Lipinski definition) is 7. The minimum Gasteiger partial charge on any atom is -0.323 e. The molecule has 0 saturated carbocycles. The van der Waals surface area contributed by atoms with Crippen molar-refractivity contribution in [2.75, 3.05) is 0 Å². The molecule has 0 atom stereocenters. The van der Waals surface area contributed by atoms with Crippen LogP contribution in [0.5, 0.6) is 0 Å². The van der Waals surface area contributed by atoms with Gasteiger partial charge in [-0.2, -0.15) is 0 Å². The Morgan fingerprint density at radius 1 is 1.00 bits per heavy atom. The van der Waals surface area contributed by atoms with Gasteiger partial charge in [0.25, 0.3) is 5.91 Å². The van der Waals surface area contributed by atoms with Gasteiger partial charge in [0.05, 0.1) is 23.3 Å². The fourth-order valence-corrected chi connectivity index (χ4v) is 6.69. The number of aromatic amines is 1. The molecule has 10 nitrogen and oxygen atoms in total. The summed E-state index contributed by atoms with van der Waals surface area (Å²) in [6, 6.07) is 25.2. The Kier molecular flexibility index (Phi) is 8.13. The molecular formula is C33H28ClN5O5S. The molecule has 0 saturated heterocycles. The Labute approximate surface area is 263 Å². The standard InChI is InChI=1S/C33H28ClN5O5S/c1-3-29-35-30-20(2)15-24(32(40)38-45(42,43)19-21-9-5-4-6-10-21)17-28(30)39(29)18-23-14-13-22(16-27(23)34)25-11-7-8-12-26(25)31-36-33(41)44-37-31/h4-17H,3,18-19H2,1-2H3,(H,38,40)(H,36,37,41). The van der Waals surface area contributed by atoms with Gasteiger partial charge in [0, 0.05) is 22.6 Å². The number of nitrogens with zero attached hydrogens (tertiary/aromatic N) is 3. The minimum atomic E-state index is -3.92. The summed E-state index contributed by atoms with van der Waals surface area (Å²) in [7, 11) is -3.92. The van der Waals surface area contributed by atoms with E-state index in [9.17, 15) is 18.0 Å². The first-order valence-electron chi connectivity index (χ1n) is 14.1. The monoisotopic (exact) mass is 641 g/mol. The fraction of sp³-hybridized carbons (Fsp3) is 0.152. The van der Waals surface area contributed by atoms with E-state index >= 15 is 0 Å². The van der Waals surface area contributed by atoms with Crippen LogP contribution in [0.1, 0.15) is 39.8 Å². The predicted octanol–water partition coefficient (Wildman–Crippen LogP) is 5.88. The molecule has 228 valence electrons. The van der Waals surface area contributed by atoms with Crippen LogP contribution in [0.15, 0.2) is 94.2 Å². The summed E-state index contributed by atoms with van der Waals surface area (Å²) in [5, 5.41) is 4.34. The van der Waals surface area contributed by atoms with Gasteiger partial charge >= 0.3 is 5.76 Å². The number of benzene rings is 4. The van der Waals surface area contributed by atoms with Gasteiger partial charge in [0.15, 0.2) is 5.82 Å². The summed E-state index contributed by atoms with van der Waals surface area (Å²) in [6.45, 7) is 4.20. The molecule has 45 heavy (non-hydrogen) atoms. The van der Waals surface area contributed by atoms with Gasteiger partial charge in [-0.3, -0.25) is 14.3 Å². The third-order valence-corrected chi connectivity index (χ3v) is 9.03. The second-order valence-corrected chi connectivity index (χ2v) is 12.7. The maximum atomic E-state index is 13.2. The molecule has 2 heterocycles. The molecule has 0 fully saturated rings. The minimum absolute atomic E-state index is 0.212. The second kappa shape index (κ2) is 12.2. The second-order valence-electron chi connectivity index (χ2n) is 10.6. The predicted molar refractivity (Wildman–Crippen MR) is 172 cm³/mol. The summed E-state index contributed by atoms with van der Waals surface area (Å²) >= 11 is 6.84. The Morgan fingerprint density at radius 2 is 1.73 bits per heavy atom. The zero-order valence-corrected chi connectivity index (χ0v) is 25.9. The highest BCUT2D eigenvalue weighted by Crippen LogP contribution is 2.33. The molecular weight excluding hydrogens is 614 g/mol. The highest BCUT2D eigenvalue weighted by Gasteiger charge is 2.21. The molecule has 2 aromatic heterocycles. The van der Waals surface area contributed by atoms with Gasteiger partial charge in [0.2, 0.25) is 10.0 Å². The third-order valence-electron chi connectivity index (χ3n) is 7.46. The van der Waals surface area contributed by atoms with E-state index in [1.807, 2.05) is 60.9 Å². The molecule has 2 N–H and O–H groups in total. The Morgan fingerprint density at radius 3 is 2.42 bits per heavy atom. The molecule has 12 heteroatoms. The van der Waals surface area contributed by atoms with Crippen LogP contribution in [-0.4, -0.2) is 34.0 Å². The van der Waals surface area contributed by atoms with Gasteiger partial charge in [-0.05, 0) is 52.9 Å². The average molecular weight is 642 g/mol. The summed E-state index contributed by atoms with van der Waals surface area (Å²) in [6.07, 6.45) is 0.625. The van der Waals surface area contributed by atoms with Gasteiger partial charge in [-0.25, -0.2) is 22.9 Å². The highest BCUT2D eigenvalue weighted by molar-refractivity contribution is 7.89. The Hall–Kier alpha value is -5.00. The number of hydrogen-bond donors (Lipinski definition) is 2. The highest BCUT2D eigenvalue weighted by atomic mass is 35.5. The van der Waals surface area contributed by atoms with E-state index in [1.165, 1.54) is 0 Å². The van der Waals surface area contributed by atoms with E-state index in [0.717, 1.165) is 33.6 Å². The number of halogens is 1. The number of H-pyrrole nitrogens is 1. The number of amides is 1. The number of carbonyl (C=O) groups excluding carboxylic acids is 1. The van der Waals surface area contributed by atoms with Gasteiger partial charge in [-0.15, -0.1) is 0 Å². The van der Waals surface area contributed by atoms with E-state index in [0.29, 0.717) is 40.5 Å². The first-order chi connectivity index (χ1) is 21.6. The number of carbonyl (C=O) groups is 1. The SMILES string of the molecule is CCc1nc2c(C)cc(C(=O)NS(=O)(=O)Cc3ccccc3)cc2n1Cc1ccc(-c2ccccc2-c2noc(=O)[nH]2)cc1Cl. The lowest BCUT2D eigenvalue weighted by molar-refractivity contribution is 0.0981. The molecule has 6 rings (SSSR count). The molecule has 4 aromatic carbocycles. The van der Waals surface area contributed by atoms with Crippen molar-refractivity contribution in [2.24, 2.45) is 0 Å². The summed E-state index contributed by atoms with van der Waals surface area (Å²) in [5.74, 6) is -0.554. The third kappa shape index (κ3) is 6.31. The molecule has 0 radical (unpaired) electrons. The summed E-state index contributed by atoms with van der Waals surface area (Å²) in [4.78, 5) is 32.1. The van der Waals surface area contributed by atoms with Crippen LogP contribution in [0.2, 0.25) is 5.02 Å². The van der Waals surface area contributed by atoms with Crippen LogP contribution in [0.3, 0.4) is 0 Å². The molecule has 0 bridgehead atoms. The Balaban J connectivity index is 1.32. The topological polar surface area (TPSA) is 140 Å². The number of nitrogens with one attached hydrogen (secondary N) is 2. The number of fused-ring (bicyclic) bond motifs is 1. The van der Waals surface area contributed by atoms with Crippen LogP contribution in [0.25, 0.3) is 33.5 Å². The zero-order valence-electron chi connectivity index (χ0n) is 24.4. The number of rotatable bonds is 9. The van der Waals surface area contributed by atoms with Crippen molar-refractivity contribution in [2.45, 2.75) is 32.6 Å². The molecule has 0 unspecified atom stereocenters. The molecule has 6 aromatic rings.